The number of rotatable bonds is 5. The van der Waals surface area contributed by atoms with E-state index in [2.05, 4.69) is 31.1 Å². The largest absolute Gasteiger partial charge is 0.379 e. The second-order valence-electron chi connectivity index (χ2n) is 5.35. The number of halogens is 1. The van der Waals surface area contributed by atoms with E-state index < -0.39 is 0 Å². The highest BCUT2D eigenvalue weighted by molar-refractivity contribution is 14.0. The molecule has 18 heavy (non-hydrogen) atoms. The molecule has 3 N–H and O–H groups in total. The summed E-state index contributed by atoms with van der Waals surface area (Å²) in [6.45, 7) is 9.14. The summed E-state index contributed by atoms with van der Waals surface area (Å²) in [5.41, 5.74) is 5.71. The molecule has 1 fully saturated rings. The maximum absolute atomic E-state index is 5.74. The number of nitrogens with zero attached hydrogens (tertiary/aromatic N) is 1. The van der Waals surface area contributed by atoms with Crippen LogP contribution in [0.4, 0.5) is 0 Å². The molecule has 0 saturated carbocycles. The molecule has 108 valence electrons. The van der Waals surface area contributed by atoms with Gasteiger partial charge in [-0.05, 0) is 33.6 Å². The van der Waals surface area contributed by atoms with Gasteiger partial charge in [0.05, 0.1) is 12.7 Å². The van der Waals surface area contributed by atoms with Crippen LogP contribution >= 0.6 is 24.0 Å². The van der Waals surface area contributed by atoms with Gasteiger partial charge in [0.25, 0.3) is 0 Å². The summed E-state index contributed by atoms with van der Waals surface area (Å²) < 4.78 is 10.9. The Bertz CT molecular complexity index is 248. The summed E-state index contributed by atoms with van der Waals surface area (Å²) in [6, 6.07) is 0. The third-order valence-corrected chi connectivity index (χ3v) is 2.33. The number of nitrogens with one attached hydrogen (secondary N) is 1. The molecular weight excluding hydrogens is 345 g/mol. The molecule has 1 aliphatic heterocycles. The van der Waals surface area contributed by atoms with Crippen molar-refractivity contribution in [3.8, 4) is 0 Å². The zero-order chi connectivity index (χ0) is 12.7. The minimum absolute atomic E-state index is 0. The summed E-state index contributed by atoms with van der Waals surface area (Å²) in [5, 5.41) is 3.12. The molecule has 1 unspecified atom stereocenters. The molecule has 0 aromatic carbocycles. The lowest BCUT2D eigenvalue weighted by Crippen LogP contribution is -2.45. The molecular formula is C12H26IN3O2. The predicted molar refractivity (Wildman–Crippen MR) is 84.6 cm³/mol. The maximum atomic E-state index is 5.74. The van der Waals surface area contributed by atoms with Gasteiger partial charge < -0.3 is 20.5 Å². The molecule has 1 atom stereocenters. The van der Waals surface area contributed by atoms with Gasteiger partial charge in [-0.3, -0.25) is 4.99 Å². The summed E-state index contributed by atoms with van der Waals surface area (Å²) in [4.78, 5) is 4.25. The van der Waals surface area contributed by atoms with Crippen LogP contribution < -0.4 is 11.1 Å². The van der Waals surface area contributed by atoms with Crippen LogP contribution in [-0.4, -0.2) is 44.0 Å². The van der Waals surface area contributed by atoms with Crippen LogP contribution in [0, 0.1) is 0 Å². The first kappa shape index (κ1) is 17.9. The SMILES string of the molecule is CC(C)(C)NC(N)=NCCCOC1CCOC1.I. The van der Waals surface area contributed by atoms with Crippen LogP contribution in [0.25, 0.3) is 0 Å². The first-order chi connectivity index (χ1) is 7.97. The lowest BCUT2D eigenvalue weighted by atomic mass is 10.1. The Kier molecular flexibility index (Phi) is 8.89. The maximum Gasteiger partial charge on any atom is 0.188 e. The van der Waals surface area contributed by atoms with Crippen molar-refractivity contribution in [1.29, 1.82) is 0 Å². The molecule has 0 radical (unpaired) electrons. The van der Waals surface area contributed by atoms with Gasteiger partial charge in [0, 0.05) is 25.3 Å². The molecule has 0 aliphatic carbocycles. The zero-order valence-corrected chi connectivity index (χ0v) is 13.9. The predicted octanol–water partition coefficient (Wildman–Crippen LogP) is 1.50. The monoisotopic (exact) mass is 371 g/mol. The molecule has 1 saturated heterocycles. The summed E-state index contributed by atoms with van der Waals surface area (Å²) in [5.74, 6) is 0.502. The fraction of sp³-hybridized carbons (Fsp3) is 0.917. The Morgan fingerprint density at radius 1 is 1.50 bits per heavy atom. The van der Waals surface area contributed by atoms with E-state index in [1.165, 1.54) is 0 Å². The zero-order valence-electron chi connectivity index (χ0n) is 11.6. The fourth-order valence-corrected chi connectivity index (χ4v) is 1.58. The first-order valence-corrected chi connectivity index (χ1v) is 6.25. The van der Waals surface area contributed by atoms with Crippen LogP contribution in [0.1, 0.15) is 33.6 Å². The van der Waals surface area contributed by atoms with E-state index in [0.29, 0.717) is 12.5 Å². The van der Waals surface area contributed by atoms with Crippen molar-refractivity contribution in [2.75, 3.05) is 26.4 Å². The van der Waals surface area contributed by atoms with Gasteiger partial charge in [-0.2, -0.15) is 0 Å². The van der Waals surface area contributed by atoms with Gasteiger partial charge in [0.15, 0.2) is 5.96 Å². The second kappa shape index (κ2) is 8.92. The van der Waals surface area contributed by atoms with Crippen molar-refractivity contribution in [3.63, 3.8) is 0 Å². The standard InChI is InChI=1S/C12H25N3O2.HI/c1-12(2,3)15-11(13)14-6-4-7-17-10-5-8-16-9-10;/h10H,4-9H2,1-3H3,(H3,13,14,15);1H. The third kappa shape index (κ3) is 8.93. The molecule has 0 aromatic rings. The Morgan fingerprint density at radius 2 is 2.22 bits per heavy atom. The van der Waals surface area contributed by atoms with Crippen molar-refractivity contribution in [1.82, 2.24) is 5.32 Å². The van der Waals surface area contributed by atoms with Gasteiger partial charge in [-0.15, -0.1) is 24.0 Å². The molecule has 1 rings (SSSR count). The van der Waals surface area contributed by atoms with Crippen molar-refractivity contribution in [2.24, 2.45) is 10.7 Å². The number of hydrogen-bond acceptors (Lipinski definition) is 3. The summed E-state index contributed by atoms with van der Waals surface area (Å²) in [6.07, 6.45) is 2.18. The molecule has 5 nitrogen and oxygen atoms in total. The lowest BCUT2D eigenvalue weighted by molar-refractivity contribution is 0.0424. The molecule has 0 aromatic heterocycles. The Labute approximate surface area is 127 Å². The van der Waals surface area contributed by atoms with E-state index in [-0.39, 0.29) is 35.6 Å². The van der Waals surface area contributed by atoms with Crippen LogP contribution in [-0.2, 0) is 9.47 Å². The Hall–Kier alpha value is -0.0800. The van der Waals surface area contributed by atoms with Crippen LogP contribution in [0.5, 0.6) is 0 Å². The first-order valence-electron chi connectivity index (χ1n) is 6.25. The Morgan fingerprint density at radius 3 is 2.78 bits per heavy atom. The van der Waals surface area contributed by atoms with Crippen molar-refractivity contribution >= 4 is 29.9 Å². The summed E-state index contributed by atoms with van der Waals surface area (Å²) in [7, 11) is 0. The fourth-order valence-electron chi connectivity index (χ4n) is 1.58. The van der Waals surface area contributed by atoms with E-state index in [1.807, 2.05) is 0 Å². The van der Waals surface area contributed by atoms with Crippen LogP contribution in [0.2, 0.25) is 0 Å². The average molecular weight is 371 g/mol. The van der Waals surface area contributed by atoms with Gasteiger partial charge in [0.1, 0.15) is 0 Å². The van der Waals surface area contributed by atoms with Gasteiger partial charge >= 0.3 is 0 Å². The second-order valence-corrected chi connectivity index (χ2v) is 5.35. The third-order valence-electron chi connectivity index (χ3n) is 2.33. The minimum atomic E-state index is -0.0364. The van der Waals surface area contributed by atoms with E-state index in [1.54, 1.807) is 0 Å². The average Bonchev–Trinajstić information content (AvgIpc) is 2.67. The Balaban J connectivity index is 0.00000289. The van der Waals surface area contributed by atoms with Crippen molar-refractivity contribution < 1.29 is 9.47 Å². The number of ether oxygens (including phenoxy) is 2. The van der Waals surface area contributed by atoms with Crippen LogP contribution in [0.15, 0.2) is 4.99 Å². The topological polar surface area (TPSA) is 68.9 Å². The molecule has 0 spiro atoms. The summed E-state index contributed by atoms with van der Waals surface area (Å²) >= 11 is 0. The number of hydrogen-bond donors (Lipinski definition) is 2. The highest BCUT2D eigenvalue weighted by Crippen LogP contribution is 2.08. The van der Waals surface area contributed by atoms with Crippen molar-refractivity contribution in [2.45, 2.75) is 45.3 Å². The van der Waals surface area contributed by atoms with Crippen molar-refractivity contribution in [3.05, 3.63) is 0 Å². The smallest absolute Gasteiger partial charge is 0.188 e. The molecule has 1 heterocycles. The highest BCUT2D eigenvalue weighted by Gasteiger charge is 2.15. The van der Waals surface area contributed by atoms with E-state index in [9.17, 15) is 0 Å². The molecule has 0 amide bonds. The van der Waals surface area contributed by atoms with Gasteiger partial charge in [-0.25, -0.2) is 0 Å². The number of aliphatic imine (C=N–C) groups is 1. The van der Waals surface area contributed by atoms with Gasteiger partial charge in [-0.1, -0.05) is 0 Å². The lowest BCUT2D eigenvalue weighted by Gasteiger charge is -2.21. The quantitative estimate of drug-likeness (QED) is 0.333. The number of guanidine groups is 1. The molecule has 1 aliphatic rings. The van der Waals surface area contributed by atoms with Crippen LogP contribution in [0.3, 0.4) is 0 Å². The number of nitrogens with two attached hydrogens (primary N) is 1. The molecule has 0 bridgehead atoms. The normalized spacial score (nSPS) is 20.6. The molecule has 6 heteroatoms. The van der Waals surface area contributed by atoms with E-state index >= 15 is 0 Å². The van der Waals surface area contributed by atoms with E-state index in [0.717, 1.165) is 32.7 Å². The minimum Gasteiger partial charge on any atom is -0.379 e. The van der Waals surface area contributed by atoms with Gasteiger partial charge in [0.2, 0.25) is 0 Å². The van der Waals surface area contributed by atoms with E-state index in [4.69, 9.17) is 15.2 Å². The highest BCUT2D eigenvalue weighted by atomic mass is 127.